The second-order valence-corrected chi connectivity index (χ2v) is 4.69. The van der Waals surface area contributed by atoms with Crippen LogP contribution in [0.4, 0.5) is 23.7 Å². The third kappa shape index (κ3) is 4.15. The summed E-state index contributed by atoms with van der Waals surface area (Å²) in [5, 5.41) is 12.1. The average molecular weight is 288 g/mol. The molecule has 0 aliphatic heterocycles. The number of anilines is 1. The van der Waals surface area contributed by atoms with E-state index in [0.29, 0.717) is 0 Å². The zero-order chi connectivity index (χ0) is 15.6. The summed E-state index contributed by atoms with van der Waals surface area (Å²) < 4.78 is 37.1. The quantitative estimate of drug-likeness (QED) is 0.508. The van der Waals surface area contributed by atoms with Gasteiger partial charge in [-0.2, -0.15) is 13.2 Å². The van der Waals surface area contributed by atoms with E-state index >= 15 is 0 Å². The summed E-state index contributed by atoms with van der Waals surface area (Å²) in [7, 11) is 0. The van der Waals surface area contributed by atoms with Gasteiger partial charge in [0.2, 0.25) is 0 Å². The molecule has 5 nitrogen and oxygen atoms in total. The summed E-state index contributed by atoms with van der Waals surface area (Å²) in [4.78, 5) is 11.6. The molecule has 0 saturated carbocycles. The highest BCUT2D eigenvalue weighted by Gasteiger charge is 2.30. The molecule has 0 heterocycles. The Morgan fingerprint density at radius 1 is 1.20 bits per heavy atom. The third-order valence-electron chi connectivity index (χ3n) is 2.57. The normalized spacial score (nSPS) is 11.8. The summed E-state index contributed by atoms with van der Waals surface area (Å²) in [6, 6.07) is 3.36. The number of alkyl halides is 3. The second kappa shape index (κ2) is 5.40. The molecule has 5 N–H and O–H groups in total. The summed E-state index contributed by atoms with van der Waals surface area (Å²) in [5.74, 6) is -0.236. The number of nitrogens with one attached hydrogen (secondary N) is 3. The minimum Gasteiger partial charge on any atom is -0.386 e. The standard InChI is InChI=1S/C12H15F3N4O/c1-11(2,9(16)17)19-10(20)18-8-5-3-7(4-6-8)12(13,14)15/h3-6H,1-2H3,(H3,16,17)(H2,18,19,20). The predicted molar refractivity (Wildman–Crippen MR) is 69.6 cm³/mol. The first-order valence-corrected chi connectivity index (χ1v) is 5.63. The van der Waals surface area contributed by atoms with Crippen molar-refractivity contribution in [3.63, 3.8) is 0 Å². The van der Waals surface area contributed by atoms with Gasteiger partial charge in [0.1, 0.15) is 5.84 Å². The molecule has 20 heavy (non-hydrogen) atoms. The van der Waals surface area contributed by atoms with Gasteiger partial charge < -0.3 is 16.4 Å². The molecule has 0 unspecified atom stereocenters. The Morgan fingerprint density at radius 3 is 2.10 bits per heavy atom. The van der Waals surface area contributed by atoms with Crippen LogP contribution in [0.5, 0.6) is 0 Å². The number of halogens is 3. The van der Waals surface area contributed by atoms with Crippen LogP contribution in [0.15, 0.2) is 24.3 Å². The molecule has 8 heteroatoms. The fourth-order valence-electron chi connectivity index (χ4n) is 1.26. The number of amides is 2. The van der Waals surface area contributed by atoms with E-state index in [1.165, 1.54) is 13.8 Å². The third-order valence-corrected chi connectivity index (χ3v) is 2.57. The molecule has 2 amide bonds. The van der Waals surface area contributed by atoms with Crippen LogP contribution in [0.2, 0.25) is 0 Å². The molecule has 0 aromatic heterocycles. The highest BCUT2D eigenvalue weighted by molar-refractivity contribution is 5.95. The van der Waals surface area contributed by atoms with Crippen LogP contribution in [-0.2, 0) is 6.18 Å². The Bertz CT molecular complexity index is 508. The van der Waals surface area contributed by atoms with Crippen molar-refractivity contribution in [2.24, 2.45) is 5.73 Å². The van der Waals surface area contributed by atoms with E-state index in [9.17, 15) is 18.0 Å². The topological polar surface area (TPSA) is 91.0 Å². The minimum atomic E-state index is -4.42. The van der Waals surface area contributed by atoms with Crippen molar-refractivity contribution < 1.29 is 18.0 Å². The van der Waals surface area contributed by atoms with Gasteiger partial charge in [-0.05, 0) is 38.1 Å². The highest BCUT2D eigenvalue weighted by Crippen LogP contribution is 2.29. The molecule has 1 aromatic rings. The number of amidine groups is 1. The van der Waals surface area contributed by atoms with Gasteiger partial charge >= 0.3 is 12.2 Å². The van der Waals surface area contributed by atoms with E-state index in [1.54, 1.807) is 0 Å². The first kappa shape index (κ1) is 15.8. The van der Waals surface area contributed by atoms with E-state index in [4.69, 9.17) is 11.1 Å². The summed E-state index contributed by atoms with van der Waals surface area (Å²) in [6.07, 6.45) is -4.42. The van der Waals surface area contributed by atoms with Crippen LogP contribution in [0.1, 0.15) is 19.4 Å². The number of hydrogen-bond donors (Lipinski definition) is 4. The van der Waals surface area contributed by atoms with Gasteiger partial charge in [0.05, 0.1) is 11.1 Å². The predicted octanol–water partition coefficient (Wildman–Crippen LogP) is 2.54. The second-order valence-electron chi connectivity index (χ2n) is 4.69. The van der Waals surface area contributed by atoms with Crippen LogP contribution >= 0.6 is 0 Å². The van der Waals surface area contributed by atoms with Crippen molar-refractivity contribution in [3.05, 3.63) is 29.8 Å². The van der Waals surface area contributed by atoms with Crippen LogP contribution in [0.3, 0.4) is 0 Å². The SMILES string of the molecule is CC(C)(NC(=O)Nc1ccc(C(F)(F)F)cc1)C(=N)N. The van der Waals surface area contributed by atoms with Gasteiger partial charge in [-0.1, -0.05) is 0 Å². The van der Waals surface area contributed by atoms with Crippen molar-refractivity contribution in [2.75, 3.05) is 5.32 Å². The van der Waals surface area contributed by atoms with Crippen molar-refractivity contribution in [1.82, 2.24) is 5.32 Å². The number of urea groups is 1. The number of hydrogen-bond acceptors (Lipinski definition) is 2. The summed E-state index contributed by atoms with van der Waals surface area (Å²) in [6.45, 7) is 3.06. The van der Waals surface area contributed by atoms with Gasteiger partial charge in [0.25, 0.3) is 0 Å². The maximum Gasteiger partial charge on any atom is 0.416 e. The van der Waals surface area contributed by atoms with E-state index < -0.39 is 23.3 Å². The number of nitrogens with two attached hydrogens (primary N) is 1. The van der Waals surface area contributed by atoms with Crippen molar-refractivity contribution >= 4 is 17.6 Å². The Kier molecular flexibility index (Phi) is 4.26. The van der Waals surface area contributed by atoms with Crippen LogP contribution < -0.4 is 16.4 Å². The first-order chi connectivity index (χ1) is 9.02. The number of carbonyl (C=O) groups excluding carboxylic acids is 1. The highest BCUT2D eigenvalue weighted by atomic mass is 19.4. The molecule has 0 atom stereocenters. The lowest BCUT2D eigenvalue weighted by Crippen LogP contribution is -2.53. The van der Waals surface area contributed by atoms with Crippen molar-refractivity contribution in [3.8, 4) is 0 Å². The smallest absolute Gasteiger partial charge is 0.386 e. The molecule has 0 aliphatic rings. The van der Waals surface area contributed by atoms with Crippen LogP contribution in [0, 0.1) is 5.41 Å². The molecule has 1 rings (SSSR count). The molecule has 0 saturated heterocycles. The zero-order valence-corrected chi connectivity index (χ0v) is 10.9. The van der Waals surface area contributed by atoms with Gasteiger partial charge in [0, 0.05) is 5.69 Å². The van der Waals surface area contributed by atoms with Gasteiger partial charge in [-0.15, -0.1) is 0 Å². The lowest BCUT2D eigenvalue weighted by molar-refractivity contribution is -0.137. The number of rotatable bonds is 3. The van der Waals surface area contributed by atoms with E-state index in [-0.39, 0.29) is 11.5 Å². The van der Waals surface area contributed by atoms with Gasteiger partial charge in [-0.3, -0.25) is 5.41 Å². The Balaban J connectivity index is 2.70. The monoisotopic (exact) mass is 288 g/mol. The summed E-state index contributed by atoms with van der Waals surface area (Å²) >= 11 is 0. The lowest BCUT2D eigenvalue weighted by atomic mass is 10.1. The van der Waals surface area contributed by atoms with E-state index in [0.717, 1.165) is 24.3 Å². The van der Waals surface area contributed by atoms with Gasteiger partial charge in [-0.25, -0.2) is 4.79 Å². The molecular weight excluding hydrogens is 273 g/mol. The molecular formula is C12H15F3N4O. The van der Waals surface area contributed by atoms with Crippen LogP contribution in [-0.4, -0.2) is 17.4 Å². The van der Waals surface area contributed by atoms with Crippen LogP contribution in [0.25, 0.3) is 0 Å². The fourth-order valence-corrected chi connectivity index (χ4v) is 1.26. The molecule has 0 bridgehead atoms. The average Bonchev–Trinajstić information content (AvgIpc) is 2.27. The maximum atomic E-state index is 12.4. The zero-order valence-electron chi connectivity index (χ0n) is 10.9. The van der Waals surface area contributed by atoms with Gasteiger partial charge in [0.15, 0.2) is 0 Å². The Morgan fingerprint density at radius 2 is 1.70 bits per heavy atom. The Labute approximate surface area is 113 Å². The lowest BCUT2D eigenvalue weighted by Gasteiger charge is -2.24. The van der Waals surface area contributed by atoms with E-state index in [2.05, 4.69) is 10.6 Å². The molecule has 0 spiro atoms. The minimum absolute atomic E-state index is 0.204. The maximum absolute atomic E-state index is 12.4. The fraction of sp³-hybridized carbons (Fsp3) is 0.333. The molecule has 0 radical (unpaired) electrons. The first-order valence-electron chi connectivity index (χ1n) is 5.63. The van der Waals surface area contributed by atoms with Crippen molar-refractivity contribution in [1.29, 1.82) is 5.41 Å². The van der Waals surface area contributed by atoms with E-state index in [1.807, 2.05) is 0 Å². The Hall–Kier alpha value is -2.25. The molecule has 0 aliphatic carbocycles. The number of carbonyl (C=O) groups is 1. The molecule has 1 aromatic carbocycles. The number of benzene rings is 1. The summed E-state index contributed by atoms with van der Waals surface area (Å²) in [5.41, 5.74) is 3.65. The molecule has 0 fully saturated rings. The largest absolute Gasteiger partial charge is 0.416 e. The van der Waals surface area contributed by atoms with Crippen molar-refractivity contribution in [2.45, 2.75) is 25.6 Å². The molecule has 110 valence electrons.